The average Bonchev–Trinajstić information content (AvgIpc) is 3.03. The Morgan fingerprint density at radius 3 is 2.29 bits per heavy atom. The zero-order valence-corrected chi connectivity index (χ0v) is 26.3. The van der Waals surface area contributed by atoms with E-state index in [1.807, 2.05) is 76.2 Å². The van der Waals surface area contributed by atoms with E-state index in [0.29, 0.717) is 43.1 Å². The average molecular weight is 608 g/mol. The Hall–Kier alpha value is -5.11. The lowest BCUT2D eigenvalue weighted by molar-refractivity contribution is -0.133. The standard InChI is InChI=1S/C37H41N3O5/c1-25-14-15-26(2)32(22-25)44-21-9-20-37(3,4)36(43)40-33(35(42)39-30-13-8-12-29(23-30)34(38)41)28-16-18-31(19-17-28)45-24-27-10-6-5-7-11-27/h5-8,10-19,22-23,33H,9,20-21,24H2,1-4H3,(H2,38,41)(H,39,42)(H,40,43)/t33-/m0/s1. The van der Waals surface area contributed by atoms with Crippen LogP contribution in [0, 0.1) is 19.3 Å². The highest BCUT2D eigenvalue weighted by Gasteiger charge is 2.32. The van der Waals surface area contributed by atoms with Crippen LogP contribution in [0.2, 0.25) is 0 Å². The lowest BCUT2D eigenvalue weighted by Crippen LogP contribution is -2.43. The van der Waals surface area contributed by atoms with E-state index in [1.54, 1.807) is 42.5 Å². The monoisotopic (exact) mass is 607 g/mol. The largest absolute Gasteiger partial charge is 0.493 e. The number of carbonyl (C=O) groups excluding carboxylic acids is 3. The Bertz CT molecular complexity index is 1620. The van der Waals surface area contributed by atoms with Gasteiger partial charge in [0.15, 0.2) is 0 Å². The third-order valence-corrected chi connectivity index (χ3v) is 7.58. The quantitative estimate of drug-likeness (QED) is 0.139. The third-order valence-electron chi connectivity index (χ3n) is 7.58. The van der Waals surface area contributed by atoms with Crippen LogP contribution < -0.4 is 25.8 Å². The number of hydrogen-bond donors (Lipinski definition) is 3. The van der Waals surface area contributed by atoms with E-state index in [1.165, 1.54) is 6.07 Å². The highest BCUT2D eigenvalue weighted by atomic mass is 16.5. The van der Waals surface area contributed by atoms with Crippen LogP contribution in [0.15, 0.2) is 97.1 Å². The van der Waals surface area contributed by atoms with E-state index in [0.717, 1.165) is 22.4 Å². The summed E-state index contributed by atoms with van der Waals surface area (Å²) in [5.74, 6) is 0.129. The Morgan fingerprint density at radius 1 is 0.844 bits per heavy atom. The first-order valence-corrected chi connectivity index (χ1v) is 15.0. The second-order valence-electron chi connectivity index (χ2n) is 11.8. The van der Waals surface area contributed by atoms with Crippen molar-refractivity contribution in [3.63, 3.8) is 0 Å². The fourth-order valence-corrected chi connectivity index (χ4v) is 4.76. The van der Waals surface area contributed by atoms with E-state index in [4.69, 9.17) is 15.2 Å². The molecule has 0 radical (unpaired) electrons. The molecule has 4 N–H and O–H groups in total. The van der Waals surface area contributed by atoms with Crippen molar-refractivity contribution >= 4 is 23.4 Å². The van der Waals surface area contributed by atoms with Gasteiger partial charge in [-0.25, -0.2) is 0 Å². The molecular formula is C37H41N3O5. The summed E-state index contributed by atoms with van der Waals surface area (Å²) in [5.41, 5.74) is 9.08. The molecule has 3 amide bonds. The topological polar surface area (TPSA) is 120 Å². The molecule has 0 bridgehead atoms. The van der Waals surface area contributed by atoms with E-state index < -0.39 is 23.3 Å². The SMILES string of the molecule is Cc1ccc(C)c(OCCCC(C)(C)C(=O)N[C@H](C(=O)Nc2cccc(C(N)=O)c2)c2ccc(OCc3ccccc3)cc2)c1. The molecule has 0 aliphatic carbocycles. The minimum atomic E-state index is -1.01. The van der Waals surface area contributed by atoms with E-state index in [-0.39, 0.29) is 11.5 Å². The predicted molar refractivity (Wildman–Crippen MR) is 176 cm³/mol. The Kier molecular flexibility index (Phi) is 11.0. The van der Waals surface area contributed by atoms with Crippen molar-refractivity contribution in [1.29, 1.82) is 0 Å². The summed E-state index contributed by atoms with van der Waals surface area (Å²) in [6.45, 7) is 8.59. The van der Waals surface area contributed by atoms with Gasteiger partial charge in [0.25, 0.3) is 5.91 Å². The first-order chi connectivity index (χ1) is 21.5. The fourth-order valence-electron chi connectivity index (χ4n) is 4.76. The third kappa shape index (κ3) is 9.44. The van der Waals surface area contributed by atoms with Crippen molar-refractivity contribution in [2.24, 2.45) is 11.1 Å². The van der Waals surface area contributed by atoms with E-state index in [9.17, 15) is 14.4 Å². The molecule has 8 heteroatoms. The molecular weight excluding hydrogens is 566 g/mol. The van der Waals surface area contributed by atoms with Crippen LogP contribution in [0.1, 0.15) is 65.3 Å². The molecule has 0 heterocycles. The molecule has 4 aromatic rings. The maximum Gasteiger partial charge on any atom is 0.251 e. The Balaban J connectivity index is 1.46. The highest BCUT2D eigenvalue weighted by molar-refractivity contribution is 6.00. The molecule has 8 nitrogen and oxygen atoms in total. The number of nitrogens with one attached hydrogen (secondary N) is 2. The number of benzene rings is 4. The molecule has 0 aromatic heterocycles. The van der Waals surface area contributed by atoms with Crippen molar-refractivity contribution in [2.75, 3.05) is 11.9 Å². The summed E-state index contributed by atoms with van der Waals surface area (Å²) >= 11 is 0. The minimum Gasteiger partial charge on any atom is -0.493 e. The maximum absolute atomic E-state index is 13.6. The van der Waals surface area contributed by atoms with Crippen LogP contribution in [0.4, 0.5) is 5.69 Å². The van der Waals surface area contributed by atoms with Crippen molar-refractivity contribution in [3.05, 3.63) is 125 Å². The van der Waals surface area contributed by atoms with Gasteiger partial charge in [0, 0.05) is 16.7 Å². The van der Waals surface area contributed by atoms with E-state index >= 15 is 0 Å². The molecule has 234 valence electrons. The number of amides is 3. The van der Waals surface area contributed by atoms with Gasteiger partial charge in [0.1, 0.15) is 24.1 Å². The number of carbonyl (C=O) groups is 3. The molecule has 4 aromatic carbocycles. The van der Waals surface area contributed by atoms with Crippen LogP contribution in [0.3, 0.4) is 0 Å². The molecule has 1 atom stereocenters. The van der Waals surface area contributed by atoms with Gasteiger partial charge in [-0.05, 0) is 85.3 Å². The van der Waals surface area contributed by atoms with E-state index in [2.05, 4.69) is 10.6 Å². The molecule has 0 aliphatic heterocycles. The van der Waals surface area contributed by atoms with Gasteiger partial charge in [-0.15, -0.1) is 0 Å². The molecule has 0 spiro atoms. The zero-order chi connectivity index (χ0) is 32.4. The highest BCUT2D eigenvalue weighted by Crippen LogP contribution is 2.27. The zero-order valence-electron chi connectivity index (χ0n) is 26.3. The van der Waals surface area contributed by atoms with Gasteiger partial charge in [0.2, 0.25) is 11.8 Å². The molecule has 0 saturated carbocycles. The van der Waals surface area contributed by atoms with Crippen molar-refractivity contribution < 1.29 is 23.9 Å². The summed E-state index contributed by atoms with van der Waals surface area (Å²) in [6, 6.07) is 28.3. The van der Waals surface area contributed by atoms with Crippen molar-refractivity contribution in [3.8, 4) is 11.5 Å². The number of nitrogens with two attached hydrogens (primary N) is 1. The number of rotatable bonds is 14. The summed E-state index contributed by atoms with van der Waals surface area (Å²) in [4.78, 5) is 38.9. The molecule has 4 rings (SSSR count). The number of primary amides is 1. The maximum atomic E-state index is 13.6. The second kappa shape index (κ2) is 15.1. The van der Waals surface area contributed by atoms with Crippen LogP contribution in [-0.4, -0.2) is 24.3 Å². The lowest BCUT2D eigenvalue weighted by atomic mass is 9.86. The summed E-state index contributed by atoms with van der Waals surface area (Å²) in [7, 11) is 0. The predicted octanol–water partition coefficient (Wildman–Crippen LogP) is 6.66. The molecule has 0 aliphatic rings. The number of hydrogen-bond acceptors (Lipinski definition) is 5. The van der Waals surface area contributed by atoms with Crippen LogP contribution in [-0.2, 0) is 16.2 Å². The minimum absolute atomic E-state index is 0.262. The van der Waals surface area contributed by atoms with Gasteiger partial charge in [-0.2, -0.15) is 0 Å². The van der Waals surface area contributed by atoms with Gasteiger partial charge < -0.3 is 25.8 Å². The Morgan fingerprint density at radius 2 is 1.58 bits per heavy atom. The second-order valence-corrected chi connectivity index (χ2v) is 11.8. The number of ether oxygens (including phenoxy) is 2. The number of aryl methyl sites for hydroxylation is 2. The van der Waals surface area contributed by atoms with Crippen molar-refractivity contribution in [1.82, 2.24) is 5.32 Å². The normalized spacial score (nSPS) is 11.7. The van der Waals surface area contributed by atoms with Crippen LogP contribution in [0.25, 0.3) is 0 Å². The molecule has 0 unspecified atom stereocenters. The first kappa shape index (κ1) is 32.8. The number of anilines is 1. The van der Waals surface area contributed by atoms with Gasteiger partial charge in [-0.3, -0.25) is 14.4 Å². The lowest BCUT2D eigenvalue weighted by Gasteiger charge is -2.27. The molecule has 45 heavy (non-hydrogen) atoms. The molecule has 0 fully saturated rings. The van der Waals surface area contributed by atoms with Crippen molar-refractivity contribution in [2.45, 2.75) is 53.2 Å². The van der Waals surface area contributed by atoms with Crippen LogP contribution in [0.5, 0.6) is 11.5 Å². The molecule has 0 saturated heterocycles. The summed E-state index contributed by atoms with van der Waals surface area (Å²) in [5, 5.41) is 5.78. The van der Waals surface area contributed by atoms with Gasteiger partial charge in [0.05, 0.1) is 6.61 Å². The Labute approximate surface area is 264 Å². The van der Waals surface area contributed by atoms with Gasteiger partial charge >= 0.3 is 0 Å². The summed E-state index contributed by atoms with van der Waals surface area (Å²) < 4.78 is 11.9. The van der Waals surface area contributed by atoms with Crippen LogP contribution >= 0.6 is 0 Å². The van der Waals surface area contributed by atoms with Gasteiger partial charge in [-0.1, -0.05) is 74.5 Å². The smallest absolute Gasteiger partial charge is 0.251 e. The fraction of sp³-hybridized carbons (Fsp3) is 0.270. The summed E-state index contributed by atoms with van der Waals surface area (Å²) in [6.07, 6.45) is 1.20. The first-order valence-electron chi connectivity index (χ1n) is 15.0.